The molecule has 0 bridgehead atoms. The molecule has 0 spiro atoms. The molecule has 0 unspecified atom stereocenters. The summed E-state index contributed by atoms with van der Waals surface area (Å²) in [6.45, 7) is 2.85. The monoisotopic (exact) mass is 285 g/mol. The van der Waals surface area contributed by atoms with Gasteiger partial charge in [0.1, 0.15) is 0 Å². The van der Waals surface area contributed by atoms with Crippen LogP contribution in [0.25, 0.3) is 0 Å². The largest absolute Gasteiger partial charge is 0.395 e. The molecule has 0 saturated carbocycles. The van der Waals surface area contributed by atoms with Crippen molar-refractivity contribution in [1.29, 1.82) is 0 Å². The van der Waals surface area contributed by atoms with Gasteiger partial charge < -0.3 is 20.1 Å². The normalized spacial score (nSPS) is 10.4. The Balaban J connectivity index is 2.95. The summed E-state index contributed by atoms with van der Waals surface area (Å²) in [5.74, 6) is -1.12. The first kappa shape index (κ1) is 16.3. The number of pyridine rings is 1. The lowest BCUT2D eigenvalue weighted by Gasteiger charge is -2.22. The number of methoxy groups -OCH3 is 1. The summed E-state index contributed by atoms with van der Waals surface area (Å²) in [4.78, 5) is 17.5. The summed E-state index contributed by atoms with van der Waals surface area (Å²) in [7, 11) is 1.51. The molecule has 0 fully saturated rings. The molecule has 2 N–H and O–H groups in total. The van der Waals surface area contributed by atoms with Crippen molar-refractivity contribution in [3.8, 4) is 0 Å². The van der Waals surface area contributed by atoms with Crippen molar-refractivity contribution < 1.29 is 19.0 Å². The van der Waals surface area contributed by atoms with E-state index in [1.807, 2.05) is 6.92 Å². The fourth-order valence-corrected chi connectivity index (χ4v) is 1.71. The Morgan fingerprint density at radius 3 is 2.90 bits per heavy atom. The molecule has 6 nitrogen and oxygen atoms in total. The van der Waals surface area contributed by atoms with Crippen molar-refractivity contribution in [2.24, 2.45) is 0 Å². The van der Waals surface area contributed by atoms with E-state index in [0.29, 0.717) is 13.2 Å². The second-order valence-electron chi connectivity index (χ2n) is 4.06. The van der Waals surface area contributed by atoms with Crippen molar-refractivity contribution in [3.63, 3.8) is 0 Å². The highest BCUT2D eigenvalue weighted by atomic mass is 19.1. The van der Waals surface area contributed by atoms with E-state index in [4.69, 9.17) is 9.84 Å². The summed E-state index contributed by atoms with van der Waals surface area (Å²) in [6, 6.07) is 1.33. The van der Waals surface area contributed by atoms with Crippen LogP contribution in [0.5, 0.6) is 0 Å². The van der Waals surface area contributed by atoms with Crippen LogP contribution >= 0.6 is 0 Å². The second-order valence-corrected chi connectivity index (χ2v) is 4.06. The van der Waals surface area contributed by atoms with Crippen molar-refractivity contribution in [2.75, 3.05) is 45.3 Å². The zero-order valence-corrected chi connectivity index (χ0v) is 11.7. The van der Waals surface area contributed by atoms with Crippen molar-refractivity contribution >= 4 is 11.7 Å². The first-order chi connectivity index (χ1) is 9.65. The maximum Gasteiger partial charge on any atom is 0.257 e. The summed E-state index contributed by atoms with van der Waals surface area (Å²) < 4.78 is 19.1. The third-order valence-electron chi connectivity index (χ3n) is 2.69. The third kappa shape index (κ3) is 4.14. The SMILES string of the molecule is CCNc1nccc(C(=O)N(CCO)CCOC)c1F. The molecule has 0 aromatic carbocycles. The molecule has 1 rings (SSSR count). The van der Waals surface area contributed by atoms with Crippen LogP contribution in [-0.2, 0) is 4.74 Å². The third-order valence-corrected chi connectivity index (χ3v) is 2.69. The minimum Gasteiger partial charge on any atom is -0.395 e. The maximum atomic E-state index is 14.2. The number of nitrogens with one attached hydrogen (secondary N) is 1. The highest BCUT2D eigenvalue weighted by molar-refractivity contribution is 5.95. The van der Waals surface area contributed by atoms with Gasteiger partial charge in [0.25, 0.3) is 5.91 Å². The van der Waals surface area contributed by atoms with Crippen LogP contribution in [0.2, 0.25) is 0 Å². The minimum absolute atomic E-state index is 0.0500. The Labute approximate surface area is 117 Å². The average Bonchev–Trinajstić information content (AvgIpc) is 2.45. The van der Waals surface area contributed by atoms with Crippen LogP contribution in [0, 0.1) is 5.82 Å². The van der Waals surface area contributed by atoms with E-state index in [0.717, 1.165) is 0 Å². The van der Waals surface area contributed by atoms with Gasteiger partial charge in [-0.25, -0.2) is 9.37 Å². The Bertz CT molecular complexity index is 443. The molecule has 0 saturated heterocycles. The van der Waals surface area contributed by atoms with Gasteiger partial charge in [-0.1, -0.05) is 0 Å². The molecule has 0 aliphatic heterocycles. The fourth-order valence-electron chi connectivity index (χ4n) is 1.71. The molecular weight excluding hydrogens is 265 g/mol. The van der Waals surface area contributed by atoms with Gasteiger partial charge in [-0.3, -0.25) is 4.79 Å². The number of carbonyl (C=O) groups excluding carboxylic acids is 1. The van der Waals surface area contributed by atoms with Gasteiger partial charge in [0.15, 0.2) is 11.6 Å². The molecule has 7 heteroatoms. The van der Waals surface area contributed by atoms with Gasteiger partial charge in [0.2, 0.25) is 0 Å². The van der Waals surface area contributed by atoms with Crippen LogP contribution in [0.15, 0.2) is 12.3 Å². The molecule has 0 aliphatic rings. The number of nitrogens with zero attached hydrogens (tertiary/aromatic N) is 2. The minimum atomic E-state index is -0.681. The van der Waals surface area contributed by atoms with Crippen LogP contribution in [0.3, 0.4) is 0 Å². The molecule has 112 valence electrons. The number of carbonyl (C=O) groups is 1. The van der Waals surface area contributed by atoms with Crippen LogP contribution in [-0.4, -0.2) is 60.9 Å². The molecule has 20 heavy (non-hydrogen) atoms. The van der Waals surface area contributed by atoms with E-state index in [1.165, 1.54) is 24.3 Å². The highest BCUT2D eigenvalue weighted by Gasteiger charge is 2.21. The quantitative estimate of drug-likeness (QED) is 0.736. The van der Waals surface area contributed by atoms with Crippen molar-refractivity contribution in [2.45, 2.75) is 6.92 Å². The van der Waals surface area contributed by atoms with Crippen LogP contribution in [0.1, 0.15) is 17.3 Å². The van der Waals surface area contributed by atoms with Crippen molar-refractivity contribution in [3.05, 3.63) is 23.6 Å². The van der Waals surface area contributed by atoms with Gasteiger partial charge >= 0.3 is 0 Å². The number of anilines is 1. The summed E-state index contributed by atoms with van der Waals surface area (Å²) in [5, 5.41) is 11.7. The summed E-state index contributed by atoms with van der Waals surface area (Å²) >= 11 is 0. The number of aliphatic hydroxyl groups excluding tert-OH is 1. The summed E-state index contributed by atoms with van der Waals surface area (Å²) in [5.41, 5.74) is -0.0690. The number of aliphatic hydroxyl groups is 1. The standard InChI is InChI=1S/C13H20FN3O3/c1-3-15-12-11(14)10(4-5-16-12)13(19)17(6-8-18)7-9-20-2/h4-5,18H,3,6-9H2,1-2H3,(H,15,16). The smallest absolute Gasteiger partial charge is 0.257 e. The number of aromatic nitrogens is 1. The van der Waals surface area contributed by atoms with Gasteiger partial charge in [0, 0.05) is 32.9 Å². The fraction of sp³-hybridized carbons (Fsp3) is 0.538. The van der Waals surface area contributed by atoms with E-state index in [9.17, 15) is 9.18 Å². The predicted octanol–water partition coefficient (Wildman–Crippen LogP) is 0.733. The lowest BCUT2D eigenvalue weighted by atomic mass is 10.2. The Morgan fingerprint density at radius 1 is 1.55 bits per heavy atom. The number of amides is 1. The first-order valence-corrected chi connectivity index (χ1v) is 6.43. The maximum absolute atomic E-state index is 14.2. The molecule has 0 aliphatic carbocycles. The number of rotatable bonds is 8. The molecule has 1 aromatic rings. The lowest BCUT2D eigenvalue weighted by Crippen LogP contribution is -2.36. The topological polar surface area (TPSA) is 74.7 Å². The lowest BCUT2D eigenvalue weighted by molar-refractivity contribution is 0.0652. The Kier molecular flexibility index (Phi) is 6.89. The molecule has 1 amide bonds. The second kappa shape index (κ2) is 8.44. The first-order valence-electron chi connectivity index (χ1n) is 6.43. The van der Waals surface area contributed by atoms with E-state index in [2.05, 4.69) is 10.3 Å². The van der Waals surface area contributed by atoms with E-state index < -0.39 is 11.7 Å². The van der Waals surface area contributed by atoms with Crippen LogP contribution < -0.4 is 5.32 Å². The van der Waals surface area contributed by atoms with Crippen LogP contribution in [0.4, 0.5) is 10.2 Å². The molecule has 0 atom stereocenters. The molecule has 0 radical (unpaired) electrons. The molecule has 1 heterocycles. The van der Waals surface area contributed by atoms with Gasteiger partial charge in [0.05, 0.1) is 18.8 Å². The van der Waals surface area contributed by atoms with E-state index in [1.54, 1.807) is 0 Å². The zero-order chi connectivity index (χ0) is 15.0. The van der Waals surface area contributed by atoms with Gasteiger partial charge in [-0.05, 0) is 13.0 Å². The van der Waals surface area contributed by atoms with Crippen molar-refractivity contribution in [1.82, 2.24) is 9.88 Å². The summed E-state index contributed by atoms with van der Waals surface area (Å²) in [6.07, 6.45) is 1.38. The molecular formula is C13H20FN3O3. The van der Waals surface area contributed by atoms with E-state index in [-0.39, 0.29) is 31.1 Å². The number of hydrogen-bond acceptors (Lipinski definition) is 5. The number of halogens is 1. The number of hydrogen-bond donors (Lipinski definition) is 2. The molecule has 1 aromatic heterocycles. The Morgan fingerprint density at radius 2 is 2.30 bits per heavy atom. The predicted molar refractivity (Wildman–Crippen MR) is 73.2 cm³/mol. The Hall–Kier alpha value is -1.73. The average molecular weight is 285 g/mol. The highest BCUT2D eigenvalue weighted by Crippen LogP contribution is 2.16. The zero-order valence-electron chi connectivity index (χ0n) is 11.7. The van der Waals surface area contributed by atoms with E-state index >= 15 is 0 Å². The van der Waals surface area contributed by atoms with Gasteiger partial charge in [-0.2, -0.15) is 0 Å². The van der Waals surface area contributed by atoms with Gasteiger partial charge in [-0.15, -0.1) is 0 Å². The number of ether oxygens (including phenoxy) is 1.